The van der Waals surface area contributed by atoms with Crippen LogP contribution in [0.15, 0.2) is 24.3 Å². The molecule has 1 fully saturated rings. The van der Waals surface area contributed by atoms with Gasteiger partial charge in [0.2, 0.25) is 0 Å². The van der Waals surface area contributed by atoms with Crippen LogP contribution in [0.2, 0.25) is 0 Å². The molecule has 0 bridgehead atoms. The number of hydrogen-bond acceptors (Lipinski definition) is 2. The van der Waals surface area contributed by atoms with Gasteiger partial charge in [0.15, 0.2) is 0 Å². The van der Waals surface area contributed by atoms with Crippen LogP contribution >= 0.6 is 0 Å². The zero-order valence-electron chi connectivity index (χ0n) is 10.3. The van der Waals surface area contributed by atoms with Crippen LogP contribution in [0.5, 0.6) is 0 Å². The molecule has 0 spiro atoms. The summed E-state index contributed by atoms with van der Waals surface area (Å²) in [5.74, 6) is -1.18. The van der Waals surface area contributed by atoms with Crippen LogP contribution in [0.25, 0.3) is 0 Å². The summed E-state index contributed by atoms with van der Waals surface area (Å²) in [5, 5.41) is 9.31. The van der Waals surface area contributed by atoms with Crippen LogP contribution < -0.4 is 0 Å². The third-order valence-corrected chi connectivity index (χ3v) is 3.49. The number of rotatable bonds is 4. The Hall–Kier alpha value is -1.42. The van der Waals surface area contributed by atoms with Crippen molar-refractivity contribution in [1.29, 1.82) is 0 Å². The first-order valence-electron chi connectivity index (χ1n) is 6.39. The minimum absolute atomic E-state index is 0.238. The second-order valence-corrected chi connectivity index (χ2v) is 4.75. The zero-order chi connectivity index (χ0) is 13.0. The van der Waals surface area contributed by atoms with Crippen molar-refractivity contribution in [2.24, 2.45) is 0 Å². The average Bonchev–Trinajstić information content (AvgIpc) is 2.38. The van der Waals surface area contributed by atoms with Crippen molar-refractivity contribution in [2.45, 2.75) is 31.7 Å². The molecule has 1 heterocycles. The molecule has 18 heavy (non-hydrogen) atoms. The Kier molecular flexibility index (Phi) is 4.31. The van der Waals surface area contributed by atoms with Gasteiger partial charge >= 0.3 is 5.97 Å². The molecule has 2 rings (SSSR count). The first-order valence-corrected chi connectivity index (χ1v) is 6.39. The Balaban J connectivity index is 2.11. The van der Waals surface area contributed by atoms with Crippen LogP contribution in [0.1, 0.15) is 24.8 Å². The normalized spacial score (nSPS) is 18.5. The van der Waals surface area contributed by atoms with Crippen LogP contribution in [-0.4, -0.2) is 35.1 Å². The van der Waals surface area contributed by atoms with Crippen LogP contribution in [0.3, 0.4) is 0 Å². The summed E-state index contributed by atoms with van der Waals surface area (Å²) in [6.45, 7) is 1.59. The van der Waals surface area contributed by atoms with E-state index in [0.29, 0.717) is 5.56 Å². The van der Waals surface area contributed by atoms with Gasteiger partial charge in [-0.1, -0.05) is 24.6 Å². The topological polar surface area (TPSA) is 40.5 Å². The molecule has 0 amide bonds. The number of carboxylic acid groups (broad SMARTS) is 1. The molecular formula is C14H18FNO2. The Labute approximate surface area is 106 Å². The molecule has 3 nitrogen and oxygen atoms in total. The van der Waals surface area contributed by atoms with Gasteiger partial charge in [-0.05, 0) is 37.6 Å². The van der Waals surface area contributed by atoms with Crippen molar-refractivity contribution < 1.29 is 14.3 Å². The highest BCUT2D eigenvalue weighted by Gasteiger charge is 2.27. The Bertz CT molecular complexity index is 416. The molecule has 0 aliphatic carbocycles. The SMILES string of the molecule is O=C(O)C(Cc1ccccc1F)N1CCCCC1. The number of aliphatic carboxylic acids is 1. The number of halogens is 1. The van der Waals surface area contributed by atoms with E-state index in [9.17, 15) is 14.3 Å². The fourth-order valence-electron chi connectivity index (χ4n) is 2.47. The lowest BCUT2D eigenvalue weighted by molar-refractivity contribution is -0.143. The number of carboxylic acids is 1. The summed E-state index contributed by atoms with van der Waals surface area (Å²) in [7, 11) is 0. The average molecular weight is 251 g/mol. The van der Waals surface area contributed by atoms with Gasteiger partial charge in [-0.15, -0.1) is 0 Å². The van der Waals surface area contributed by atoms with E-state index in [1.54, 1.807) is 18.2 Å². The first-order chi connectivity index (χ1) is 8.68. The van der Waals surface area contributed by atoms with Crippen LogP contribution in [0, 0.1) is 5.82 Å². The highest BCUT2D eigenvalue weighted by atomic mass is 19.1. The van der Waals surface area contributed by atoms with Crippen molar-refractivity contribution in [3.63, 3.8) is 0 Å². The third kappa shape index (κ3) is 3.07. The predicted molar refractivity (Wildman–Crippen MR) is 67.0 cm³/mol. The van der Waals surface area contributed by atoms with Gasteiger partial charge in [0, 0.05) is 6.42 Å². The van der Waals surface area contributed by atoms with Crippen molar-refractivity contribution in [2.75, 3.05) is 13.1 Å². The summed E-state index contributed by atoms with van der Waals surface area (Å²) in [4.78, 5) is 13.3. The van der Waals surface area contributed by atoms with E-state index < -0.39 is 12.0 Å². The van der Waals surface area contributed by atoms with E-state index in [1.807, 2.05) is 4.90 Å². The second-order valence-electron chi connectivity index (χ2n) is 4.75. The summed E-state index contributed by atoms with van der Waals surface area (Å²) in [6, 6.07) is 5.80. The lowest BCUT2D eigenvalue weighted by Gasteiger charge is -2.32. The summed E-state index contributed by atoms with van der Waals surface area (Å²) < 4.78 is 13.6. The summed E-state index contributed by atoms with van der Waals surface area (Å²) in [6.07, 6.45) is 3.45. The quantitative estimate of drug-likeness (QED) is 0.892. The van der Waals surface area contributed by atoms with Gasteiger partial charge in [0.1, 0.15) is 11.9 Å². The third-order valence-electron chi connectivity index (χ3n) is 3.49. The molecule has 1 unspecified atom stereocenters. The van der Waals surface area contributed by atoms with E-state index in [4.69, 9.17) is 0 Å². The standard InChI is InChI=1S/C14H18FNO2/c15-12-7-3-2-6-11(12)10-13(14(17)18)16-8-4-1-5-9-16/h2-3,6-7,13H,1,4-5,8-10H2,(H,17,18). The maximum absolute atomic E-state index is 13.6. The van der Waals surface area contributed by atoms with Crippen LogP contribution in [-0.2, 0) is 11.2 Å². The van der Waals surface area contributed by atoms with E-state index in [1.165, 1.54) is 6.07 Å². The minimum Gasteiger partial charge on any atom is -0.480 e. The number of carbonyl (C=O) groups is 1. The van der Waals surface area contributed by atoms with Gasteiger partial charge < -0.3 is 5.11 Å². The second kappa shape index (κ2) is 5.96. The molecule has 1 aliphatic rings. The van der Waals surface area contributed by atoms with E-state index >= 15 is 0 Å². The molecule has 0 radical (unpaired) electrons. The van der Waals surface area contributed by atoms with Gasteiger partial charge in [-0.25, -0.2) is 4.39 Å². The summed E-state index contributed by atoms with van der Waals surface area (Å²) in [5.41, 5.74) is 0.482. The fourth-order valence-corrected chi connectivity index (χ4v) is 2.47. The maximum atomic E-state index is 13.6. The Morgan fingerprint density at radius 1 is 1.28 bits per heavy atom. The smallest absolute Gasteiger partial charge is 0.321 e. The first kappa shape index (κ1) is 13.0. The molecule has 0 aromatic heterocycles. The molecule has 4 heteroatoms. The van der Waals surface area contributed by atoms with Crippen LogP contribution in [0.4, 0.5) is 4.39 Å². The van der Waals surface area contributed by atoms with Crippen molar-refractivity contribution in [3.05, 3.63) is 35.6 Å². The predicted octanol–water partition coefficient (Wildman–Crippen LogP) is 2.31. The van der Waals surface area contributed by atoms with Gasteiger partial charge in [-0.3, -0.25) is 9.69 Å². The molecule has 98 valence electrons. The molecule has 1 saturated heterocycles. The number of likely N-dealkylation sites (tertiary alicyclic amines) is 1. The molecule has 1 N–H and O–H groups in total. The van der Waals surface area contributed by atoms with Crippen molar-refractivity contribution in [3.8, 4) is 0 Å². The molecular weight excluding hydrogens is 233 g/mol. The molecule has 0 saturated carbocycles. The van der Waals surface area contributed by atoms with Crippen molar-refractivity contribution in [1.82, 2.24) is 4.90 Å². The number of piperidine rings is 1. The van der Waals surface area contributed by atoms with E-state index in [0.717, 1.165) is 32.4 Å². The fraction of sp³-hybridized carbons (Fsp3) is 0.500. The molecule has 1 atom stereocenters. The van der Waals surface area contributed by atoms with Gasteiger partial charge in [-0.2, -0.15) is 0 Å². The van der Waals surface area contributed by atoms with Crippen molar-refractivity contribution >= 4 is 5.97 Å². The Morgan fingerprint density at radius 2 is 1.94 bits per heavy atom. The lowest BCUT2D eigenvalue weighted by atomic mass is 10.0. The zero-order valence-corrected chi connectivity index (χ0v) is 10.3. The van der Waals surface area contributed by atoms with E-state index in [-0.39, 0.29) is 12.2 Å². The maximum Gasteiger partial charge on any atom is 0.321 e. The number of nitrogens with zero attached hydrogens (tertiary/aromatic N) is 1. The largest absolute Gasteiger partial charge is 0.480 e. The molecule has 1 aromatic rings. The minimum atomic E-state index is -0.861. The highest BCUT2D eigenvalue weighted by molar-refractivity contribution is 5.74. The molecule has 1 aromatic carbocycles. The Morgan fingerprint density at radius 3 is 2.56 bits per heavy atom. The monoisotopic (exact) mass is 251 g/mol. The number of hydrogen-bond donors (Lipinski definition) is 1. The lowest BCUT2D eigenvalue weighted by Crippen LogP contribution is -2.45. The van der Waals surface area contributed by atoms with Gasteiger partial charge in [0.05, 0.1) is 0 Å². The summed E-state index contributed by atoms with van der Waals surface area (Å²) >= 11 is 0. The number of benzene rings is 1. The molecule has 1 aliphatic heterocycles. The highest BCUT2D eigenvalue weighted by Crippen LogP contribution is 2.17. The van der Waals surface area contributed by atoms with Gasteiger partial charge in [0.25, 0.3) is 0 Å². The van der Waals surface area contributed by atoms with E-state index in [2.05, 4.69) is 0 Å².